The van der Waals surface area contributed by atoms with Gasteiger partial charge in [0.2, 0.25) is 0 Å². The third kappa shape index (κ3) is 1.44. The van der Waals surface area contributed by atoms with Crippen LogP contribution in [0, 0.1) is 0 Å². The Morgan fingerprint density at radius 3 is 2.62 bits per heavy atom. The molecule has 0 radical (unpaired) electrons. The van der Waals surface area contributed by atoms with E-state index in [-0.39, 0.29) is 0 Å². The second-order valence-electron chi connectivity index (χ2n) is 4.36. The van der Waals surface area contributed by atoms with Gasteiger partial charge < -0.3 is 5.73 Å². The summed E-state index contributed by atoms with van der Waals surface area (Å²) in [5.74, 6) is 0. The van der Waals surface area contributed by atoms with Crippen molar-refractivity contribution in [2.75, 3.05) is 6.54 Å². The first kappa shape index (κ1) is 9.61. The molecule has 0 fully saturated rings. The average molecular weight is 209 g/mol. The Kier molecular flexibility index (Phi) is 2.26. The average Bonchev–Trinajstić information content (AvgIpc) is 2.67. The first-order valence-electron chi connectivity index (χ1n) is 5.78. The van der Waals surface area contributed by atoms with Crippen LogP contribution in [0.4, 0.5) is 0 Å². The van der Waals surface area contributed by atoms with Gasteiger partial charge in [0.25, 0.3) is 0 Å². The highest BCUT2D eigenvalue weighted by Crippen LogP contribution is 2.36. The standard InChI is InChI=1S/C15H15N/c16-8-7-11-5-6-15-13(9-11)10-12-3-1-2-4-14(12)15/h1-6,9H,7-8,10,16H2. The van der Waals surface area contributed by atoms with Crippen LogP contribution in [-0.4, -0.2) is 6.54 Å². The second-order valence-corrected chi connectivity index (χ2v) is 4.36. The molecule has 16 heavy (non-hydrogen) atoms. The quantitative estimate of drug-likeness (QED) is 0.690. The van der Waals surface area contributed by atoms with E-state index in [1.165, 1.54) is 27.8 Å². The lowest BCUT2D eigenvalue weighted by molar-refractivity contribution is 0.966. The third-order valence-electron chi connectivity index (χ3n) is 3.29. The minimum absolute atomic E-state index is 0.728. The maximum Gasteiger partial charge on any atom is -0.00134 e. The minimum atomic E-state index is 0.728. The van der Waals surface area contributed by atoms with Gasteiger partial charge in [0.15, 0.2) is 0 Å². The Hall–Kier alpha value is -1.60. The molecule has 2 aromatic rings. The van der Waals surface area contributed by atoms with Crippen molar-refractivity contribution < 1.29 is 0 Å². The summed E-state index contributed by atoms with van der Waals surface area (Å²) in [6.07, 6.45) is 2.05. The van der Waals surface area contributed by atoms with Crippen LogP contribution in [0.25, 0.3) is 11.1 Å². The maximum absolute atomic E-state index is 5.59. The van der Waals surface area contributed by atoms with Crippen molar-refractivity contribution in [1.29, 1.82) is 0 Å². The van der Waals surface area contributed by atoms with Crippen molar-refractivity contribution in [2.45, 2.75) is 12.8 Å². The monoisotopic (exact) mass is 209 g/mol. The first-order chi connectivity index (χ1) is 7.88. The smallest absolute Gasteiger partial charge is 0.00134 e. The lowest BCUT2D eigenvalue weighted by Crippen LogP contribution is -2.02. The molecule has 0 atom stereocenters. The fraction of sp³-hybridized carbons (Fsp3) is 0.200. The van der Waals surface area contributed by atoms with E-state index in [2.05, 4.69) is 42.5 Å². The summed E-state index contributed by atoms with van der Waals surface area (Å²) in [4.78, 5) is 0. The van der Waals surface area contributed by atoms with Gasteiger partial charge in [-0.1, -0.05) is 42.5 Å². The summed E-state index contributed by atoms with van der Waals surface area (Å²) in [5, 5.41) is 0. The van der Waals surface area contributed by atoms with E-state index in [9.17, 15) is 0 Å². The van der Waals surface area contributed by atoms with E-state index in [0.717, 1.165) is 19.4 Å². The van der Waals surface area contributed by atoms with Gasteiger partial charge in [-0.2, -0.15) is 0 Å². The zero-order valence-electron chi connectivity index (χ0n) is 9.24. The van der Waals surface area contributed by atoms with E-state index in [1.54, 1.807) is 0 Å². The molecule has 2 N–H and O–H groups in total. The number of hydrogen-bond donors (Lipinski definition) is 1. The zero-order chi connectivity index (χ0) is 11.0. The molecular formula is C15H15N. The fourth-order valence-corrected chi connectivity index (χ4v) is 2.52. The lowest BCUT2D eigenvalue weighted by atomic mass is 10.0. The van der Waals surface area contributed by atoms with Gasteiger partial charge in [-0.25, -0.2) is 0 Å². The maximum atomic E-state index is 5.59. The molecule has 1 heteroatoms. The molecule has 0 aromatic heterocycles. The van der Waals surface area contributed by atoms with Crippen molar-refractivity contribution >= 4 is 0 Å². The van der Waals surface area contributed by atoms with Crippen molar-refractivity contribution in [3.05, 3.63) is 59.2 Å². The topological polar surface area (TPSA) is 26.0 Å². The molecule has 0 saturated carbocycles. The van der Waals surface area contributed by atoms with Crippen molar-refractivity contribution in [1.82, 2.24) is 0 Å². The second kappa shape index (κ2) is 3.76. The Bertz CT molecular complexity index is 529. The molecule has 0 bridgehead atoms. The predicted octanol–water partition coefficient (Wildman–Crippen LogP) is 2.76. The third-order valence-corrected chi connectivity index (χ3v) is 3.29. The van der Waals surface area contributed by atoms with Crippen molar-refractivity contribution in [3.8, 4) is 11.1 Å². The lowest BCUT2D eigenvalue weighted by Gasteiger charge is -2.03. The Labute approximate surface area is 95.9 Å². The van der Waals surface area contributed by atoms with Gasteiger partial charge >= 0.3 is 0 Å². The van der Waals surface area contributed by atoms with Crippen LogP contribution in [0.2, 0.25) is 0 Å². The molecule has 1 nitrogen and oxygen atoms in total. The molecule has 0 spiro atoms. The highest BCUT2D eigenvalue weighted by atomic mass is 14.5. The summed E-state index contributed by atoms with van der Waals surface area (Å²) < 4.78 is 0. The summed E-state index contributed by atoms with van der Waals surface area (Å²) in [5.41, 5.74) is 12.6. The highest BCUT2D eigenvalue weighted by molar-refractivity contribution is 5.76. The SMILES string of the molecule is NCCc1ccc2c(c1)Cc1ccccc1-2. The normalized spacial score (nSPS) is 12.3. The van der Waals surface area contributed by atoms with Crippen molar-refractivity contribution in [3.63, 3.8) is 0 Å². The Morgan fingerprint density at radius 2 is 1.75 bits per heavy atom. The molecule has 0 heterocycles. The van der Waals surface area contributed by atoms with Crippen LogP contribution in [0.15, 0.2) is 42.5 Å². The Morgan fingerprint density at radius 1 is 0.938 bits per heavy atom. The number of hydrogen-bond acceptors (Lipinski definition) is 1. The molecule has 0 amide bonds. The van der Waals surface area contributed by atoms with Gasteiger partial charge in [0, 0.05) is 0 Å². The molecule has 3 rings (SSSR count). The van der Waals surface area contributed by atoms with Crippen LogP contribution in [-0.2, 0) is 12.8 Å². The number of nitrogens with two attached hydrogens (primary N) is 1. The van der Waals surface area contributed by atoms with Crippen LogP contribution in [0.1, 0.15) is 16.7 Å². The minimum Gasteiger partial charge on any atom is -0.330 e. The molecule has 0 aliphatic heterocycles. The fourth-order valence-electron chi connectivity index (χ4n) is 2.52. The summed E-state index contributed by atoms with van der Waals surface area (Å²) >= 11 is 0. The van der Waals surface area contributed by atoms with Crippen LogP contribution < -0.4 is 5.73 Å². The first-order valence-corrected chi connectivity index (χ1v) is 5.78. The van der Waals surface area contributed by atoms with Crippen LogP contribution in [0.5, 0.6) is 0 Å². The summed E-state index contributed by atoms with van der Waals surface area (Å²) in [6.45, 7) is 0.728. The number of benzene rings is 2. The predicted molar refractivity (Wildman–Crippen MR) is 67.4 cm³/mol. The van der Waals surface area contributed by atoms with E-state index in [0.29, 0.717) is 0 Å². The van der Waals surface area contributed by atoms with Gasteiger partial charge in [-0.05, 0) is 47.2 Å². The largest absolute Gasteiger partial charge is 0.330 e. The molecular weight excluding hydrogens is 194 g/mol. The van der Waals surface area contributed by atoms with E-state index < -0.39 is 0 Å². The number of fused-ring (bicyclic) bond motifs is 3. The summed E-state index contributed by atoms with van der Waals surface area (Å²) in [7, 11) is 0. The van der Waals surface area contributed by atoms with Gasteiger partial charge in [0.1, 0.15) is 0 Å². The number of rotatable bonds is 2. The van der Waals surface area contributed by atoms with Gasteiger partial charge in [0.05, 0.1) is 0 Å². The van der Waals surface area contributed by atoms with Gasteiger partial charge in [-0.3, -0.25) is 0 Å². The van der Waals surface area contributed by atoms with Gasteiger partial charge in [-0.15, -0.1) is 0 Å². The van der Waals surface area contributed by atoms with Crippen molar-refractivity contribution in [2.24, 2.45) is 5.73 Å². The Balaban J connectivity index is 2.07. The summed E-state index contributed by atoms with van der Waals surface area (Å²) in [6, 6.07) is 15.4. The highest BCUT2D eigenvalue weighted by Gasteiger charge is 2.17. The molecule has 0 saturated heterocycles. The van der Waals surface area contributed by atoms with E-state index in [1.807, 2.05) is 0 Å². The molecule has 1 aliphatic rings. The molecule has 80 valence electrons. The molecule has 2 aromatic carbocycles. The van der Waals surface area contributed by atoms with E-state index >= 15 is 0 Å². The zero-order valence-corrected chi connectivity index (χ0v) is 9.24. The van der Waals surface area contributed by atoms with Crippen LogP contribution >= 0.6 is 0 Å². The molecule has 1 aliphatic carbocycles. The van der Waals surface area contributed by atoms with Crippen LogP contribution in [0.3, 0.4) is 0 Å². The van der Waals surface area contributed by atoms with E-state index in [4.69, 9.17) is 5.73 Å². The molecule has 0 unspecified atom stereocenters.